The molecule has 3 N–H and O–H groups in total. The first kappa shape index (κ1) is 16.3. The van der Waals surface area contributed by atoms with Gasteiger partial charge in [-0.2, -0.15) is 13.2 Å². The van der Waals surface area contributed by atoms with E-state index in [2.05, 4.69) is 13.8 Å². The highest BCUT2D eigenvalue weighted by atomic mass is 19.4. The van der Waals surface area contributed by atoms with Crippen LogP contribution in [0, 0.1) is 16.7 Å². The Balaban J connectivity index is 2.59. The maximum atomic E-state index is 12.8. The quantitative estimate of drug-likeness (QED) is 0.600. The molecule has 1 heterocycles. The van der Waals surface area contributed by atoms with Crippen LogP contribution in [0.2, 0.25) is 0 Å². The third kappa shape index (κ3) is 4.09. The minimum absolute atomic E-state index is 0.178. The molecule has 0 spiro atoms. The van der Waals surface area contributed by atoms with Crippen molar-refractivity contribution in [2.45, 2.75) is 45.7 Å². The summed E-state index contributed by atoms with van der Waals surface area (Å²) in [6.45, 7) is 5.45. The number of likely N-dealkylation sites (tertiary alicyclic amines) is 1. The topological polar surface area (TPSA) is 53.1 Å². The summed E-state index contributed by atoms with van der Waals surface area (Å²) in [5, 5.41) is 7.11. The molecule has 1 atom stereocenters. The molecule has 0 saturated carbocycles. The van der Waals surface area contributed by atoms with E-state index in [4.69, 9.17) is 11.1 Å². The van der Waals surface area contributed by atoms with Gasteiger partial charge in [0, 0.05) is 6.54 Å². The molecule has 0 aromatic heterocycles. The monoisotopic (exact) mass is 279 g/mol. The van der Waals surface area contributed by atoms with Gasteiger partial charge in [-0.25, -0.2) is 0 Å². The SMILES string of the molecule is CCC1(CC)CCN(CC(C(=N)N)C(F)(F)F)CC1. The Morgan fingerprint density at radius 2 is 1.74 bits per heavy atom. The van der Waals surface area contributed by atoms with Gasteiger partial charge in [-0.1, -0.05) is 26.7 Å². The van der Waals surface area contributed by atoms with Crippen molar-refractivity contribution in [3.05, 3.63) is 0 Å². The first-order chi connectivity index (χ1) is 8.74. The lowest BCUT2D eigenvalue weighted by atomic mass is 9.74. The van der Waals surface area contributed by atoms with Crippen LogP contribution < -0.4 is 5.73 Å². The highest BCUT2D eigenvalue weighted by molar-refractivity contribution is 5.80. The summed E-state index contributed by atoms with van der Waals surface area (Å²) in [6, 6.07) is 0. The van der Waals surface area contributed by atoms with Gasteiger partial charge in [0.2, 0.25) is 0 Å². The number of nitrogens with two attached hydrogens (primary N) is 1. The molecular formula is C13H24F3N3. The number of nitrogens with one attached hydrogen (secondary N) is 1. The number of rotatable bonds is 5. The van der Waals surface area contributed by atoms with Gasteiger partial charge in [0.1, 0.15) is 11.8 Å². The molecule has 6 heteroatoms. The third-order valence-corrected chi connectivity index (χ3v) is 4.63. The lowest BCUT2D eigenvalue weighted by Crippen LogP contribution is -2.47. The molecule has 112 valence electrons. The van der Waals surface area contributed by atoms with Gasteiger partial charge < -0.3 is 10.6 Å². The van der Waals surface area contributed by atoms with E-state index in [1.54, 1.807) is 4.90 Å². The number of alkyl halides is 3. The van der Waals surface area contributed by atoms with Crippen LogP contribution in [0.4, 0.5) is 13.2 Å². The predicted octanol–water partition coefficient (Wildman–Crippen LogP) is 3.00. The smallest absolute Gasteiger partial charge is 0.387 e. The Hall–Kier alpha value is -0.780. The highest BCUT2D eigenvalue weighted by Crippen LogP contribution is 2.38. The van der Waals surface area contributed by atoms with Crippen molar-refractivity contribution in [2.75, 3.05) is 19.6 Å². The largest absolute Gasteiger partial charge is 0.399 e. The summed E-state index contributed by atoms with van der Waals surface area (Å²) < 4.78 is 38.3. The molecule has 0 radical (unpaired) electrons. The van der Waals surface area contributed by atoms with Gasteiger partial charge >= 0.3 is 6.18 Å². The summed E-state index contributed by atoms with van der Waals surface area (Å²) >= 11 is 0. The van der Waals surface area contributed by atoms with E-state index in [0.29, 0.717) is 18.5 Å². The average molecular weight is 279 g/mol. The second-order valence-electron chi connectivity index (χ2n) is 5.56. The van der Waals surface area contributed by atoms with E-state index in [9.17, 15) is 13.2 Å². The molecule has 1 rings (SSSR count). The van der Waals surface area contributed by atoms with Crippen molar-refractivity contribution in [1.82, 2.24) is 4.90 Å². The highest BCUT2D eigenvalue weighted by Gasteiger charge is 2.43. The molecule has 1 aliphatic heterocycles. The van der Waals surface area contributed by atoms with Crippen molar-refractivity contribution in [3.63, 3.8) is 0 Å². The van der Waals surface area contributed by atoms with Crippen molar-refractivity contribution < 1.29 is 13.2 Å². The van der Waals surface area contributed by atoms with E-state index in [-0.39, 0.29) is 6.54 Å². The van der Waals surface area contributed by atoms with Gasteiger partial charge in [-0.15, -0.1) is 0 Å². The van der Waals surface area contributed by atoms with Crippen molar-refractivity contribution in [1.29, 1.82) is 5.41 Å². The van der Waals surface area contributed by atoms with Crippen molar-refractivity contribution >= 4 is 5.84 Å². The second-order valence-corrected chi connectivity index (χ2v) is 5.56. The maximum Gasteiger partial charge on any atom is 0.399 e. The van der Waals surface area contributed by atoms with E-state index >= 15 is 0 Å². The lowest BCUT2D eigenvalue weighted by molar-refractivity contribution is -0.161. The fraction of sp³-hybridized carbons (Fsp3) is 0.923. The average Bonchev–Trinajstić information content (AvgIpc) is 2.35. The van der Waals surface area contributed by atoms with Crippen LogP contribution in [0.1, 0.15) is 39.5 Å². The summed E-state index contributed by atoms with van der Waals surface area (Å²) in [7, 11) is 0. The van der Waals surface area contributed by atoms with Crippen LogP contribution in [-0.2, 0) is 0 Å². The molecular weight excluding hydrogens is 255 g/mol. The van der Waals surface area contributed by atoms with Crippen LogP contribution in [-0.4, -0.2) is 36.5 Å². The number of hydrogen-bond donors (Lipinski definition) is 2. The molecule has 1 aliphatic rings. The summed E-state index contributed by atoms with van der Waals surface area (Å²) in [4.78, 5) is 1.79. The number of piperidine rings is 1. The Morgan fingerprint density at radius 1 is 1.26 bits per heavy atom. The minimum Gasteiger partial charge on any atom is -0.387 e. The third-order valence-electron chi connectivity index (χ3n) is 4.63. The van der Waals surface area contributed by atoms with Crippen LogP contribution in [0.3, 0.4) is 0 Å². The zero-order valence-electron chi connectivity index (χ0n) is 11.7. The van der Waals surface area contributed by atoms with Crippen LogP contribution in [0.15, 0.2) is 0 Å². The molecule has 0 aliphatic carbocycles. The van der Waals surface area contributed by atoms with E-state index in [1.807, 2.05) is 0 Å². The zero-order valence-corrected chi connectivity index (χ0v) is 11.7. The molecule has 1 unspecified atom stereocenters. The lowest BCUT2D eigenvalue weighted by Gasteiger charge is -2.42. The Bertz CT molecular complexity index is 301. The first-order valence-electron chi connectivity index (χ1n) is 6.87. The fourth-order valence-corrected chi connectivity index (χ4v) is 2.80. The van der Waals surface area contributed by atoms with Gasteiger partial charge in [-0.05, 0) is 31.3 Å². The molecule has 3 nitrogen and oxygen atoms in total. The fourth-order valence-electron chi connectivity index (χ4n) is 2.80. The van der Waals surface area contributed by atoms with E-state index < -0.39 is 17.9 Å². The van der Waals surface area contributed by atoms with Crippen LogP contribution in [0.5, 0.6) is 0 Å². The van der Waals surface area contributed by atoms with E-state index in [1.165, 1.54) is 0 Å². The second kappa shape index (κ2) is 6.11. The Kier molecular flexibility index (Phi) is 5.24. The summed E-state index contributed by atoms with van der Waals surface area (Å²) in [5.41, 5.74) is 5.37. The van der Waals surface area contributed by atoms with Gasteiger partial charge in [0.15, 0.2) is 0 Å². The number of hydrogen-bond acceptors (Lipinski definition) is 2. The number of halogens is 3. The molecule has 1 saturated heterocycles. The molecule has 0 amide bonds. The predicted molar refractivity (Wildman–Crippen MR) is 70.1 cm³/mol. The molecule has 19 heavy (non-hydrogen) atoms. The standard InChI is InChI=1S/C13H24F3N3/c1-3-12(4-2)5-7-19(8-6-12)9-10(11(17)18)13(14,15)16/h10H,3-9H2,1-2H3,(H3,17,18). The summed E-state index contributed by atoms with van der Waals surface area (Å²) in [6.07, 6.45) is -0.402. The van der Waals surface area contributed by atoms with Crippen molar-refractivity contribution in [3.8, 4) is 0 Å². The number of nitrogens with zero attached hydrogens (tertiary/aromatic N) is 1. The molecule has 1 fully saturated rings. The normalized spacial score (nSPS) is 22.2. The molecule has 0 aromatic rings. The first-order valence-corrected chi connectivity index (χ1v) is 6.87. The van der Waals surface area contributed by atoms with Crippen molar-refractivity contribution in [2.24, 2.45) is 17.1 Å². The van der Waals surface area contributed by atoms with Crippen LogP contribution >= 0.6 is 0 Å². The Morgan fingerprint density at radius 3 is 2.05 bits per heavy atom. The maximum absolute atomic E-state index is 12.8. The molecule has 0 bridgehead atoms. The van der Waals surface area contributed by atoms with Gasteiger partial charge in [0.05, 0.1) is 0 Å². The van der Waals surface area contributed by atoms with E-state index in [0.717, 1.165) is 25.7 Å². The minimum atomic E-state index is -4.42. The molecule has 0 aromatic carbocycles. The van der Waals surface area contributed by atoms with Gasteiger partial charge in [0.25, 0.3) is 0 Å². The number of amidine groups is 1. The summed E-state index contributed by atoms with van der Waals surface area (Å²) in [5.74, 6) is -2.61. The van der Waals surface area contributed by atoms with Gasteiger partial charge in [-0.3, -0.25) is 5.41 Å². The Labute approximate surface area is 112 Å². The van der Waals surface area contributed by atoms with Crippen LogP contribution in [0.25, 0.3) is 0 Å². The zero-order chi connectivity index (χ0) is 14.7.